The quantitative estimate of drug-likeness (QED) is 0.244. The van der Waals surface area contributed by atoms with Gasteiger partial charge >= 0.3 is 18.3 Å². The molecule has 0 amide bonds. The van der Waals surface area contributed by atoms with Crippen LogP contribution in [0.15, 0.2) is 52.2 Å². The van der Waals surface area contributed by atoms with Gasteiger partial charge in [-0.1, -0.05) is 18.2 Å². The summed E-state index contributed by atoms with van der Waals surface area (Å²) < 4.78 is 24.2. The third-order valence-corrected chi connectivity index (χ3v) is 8.90. The monoisotopic (exact) mass is 555 g/mol. The molecule has 202 valence electrons. The molecule has 1 aliphatic carbocycles. The van der Waals surface area contributed by atoms with Crippen molar-refractivity contribution in [1.29, 1.82) is 0 Å². The average Bonchev–Trinajstić information content (AvgIpc) is 3.38. The van der Waals surface area contributed by atoms with E-state index in [0.29, 0.717) is 5.75 Å². The zero-order valence-corrected chi connectivity index (χ0v) is 22.5. The Balaban J connectivity index is 1.57. The lowest BCUT2D eigenvalue weighted by molar-refractivity contribution is -0.149. The topological polar surface area (TPSA) is 161 Å². The molecule has 2 fully saturated rings. The van der Waals surface area contributed by atoms with Crippen molar-refractivity contribution in [1.82, 2.24) is 14.6 Å². The van der Waals surface area contributed by atoms with Crippen LogP contribution < -0.4 is 20.9 Å². The van der Waals surface area contributed by atoms with Crippen molar-refractivity contribution in [2.45, 2.75) is 69.3 Å². The highest BCUT2D eigenvalue weighted by Gasteiger charge is 2.84. The molecule has 0 radical (unpaired) electrons. The number of aromatic nitrogens is 2. The molecule has 1 aromatic carbocycles. The Kier molecular flexibility index (Phi) is 7.27. The molecular weight excluding hydrogens is 525 g/mol. The van der Waals surface area contributed by atoms with E-state index >= 15 is 0 Å². The van der Waals surface area contributed by atoms with Crippen LogP contribution in [0.5, 0.6) is 5.75 Å². The maximum atomic E-state index is 12.4. The Bertz CT molecular complexity index is 1330. The summed E-state index contributed by atoms with van der Waals surface area (Å²) in [6.45, 7) is 2.57. The van der Waals surface area contributed by atoms with Crippen molar-refractivity contribution in [3.63, 3.8) is 0 Å². The van der Waals surface area contributed by atoms with Crippen molar-refractivity contribution in [2.24, 2.45) is 0 Å². The second kappa shape index (κ2) is 9.73. The number of H-pyrrole nitrogens is 1. The van der Waals surface area contributed by atoms with Crippen LogP contribution in [-0.2, 0) is 30.6 Å². The number of nitrogens with zero attached hydrogens (tertiary/aromatic N) is 1. The summed E-state index contributed by atoms with van der Waals surface area (Å²) >= 11 is 5.70. The highest BCUT2D eigenvalue weighted by molar-refractivity contribution is 8.09. The summed E-state index contributed by atoms with van der Waals surface area (Å²) in [7, 11) is 0. The van der Waals surface area contributed by atoms with Crippen molar-refractivity contribution in [3.05, 3.63) is 63.4 Å². The van der Waals surface area contributed by atoms with Crippen LogP contribution >= 0.6 is 6.64 Å². The number of carbonyl (C=O) groups excluding carboxylic acids is 1. The summed E-state index contributed by atoms with van der Waals surface area (Å²) in [5, 5.41) is 25.4. The number of carbonyl (C=O) groups is 1. The average molecular weight is 556 g/mol. The number of rotatable bonds is 10. The van der Waals surface area contributed by atoms with E-state index in [1.807, 2.05) is 0 Å². The molecule has 1 aromatic heterocycles. The summed E-state index contributed by atoms with van der Waals surface area (Å²) in [5.74, 6) is -0.161. The fourth-order valence-electron chi connectivity index (χ4n) is 4.35. The first-order chi connectivity index (χ1) is 17.2. The zero-order chi connectivity index (χ0) is 27.2. The highest BCUT2D eigenvalue weighted by Crippen LogP contribution is 2.68. The lowest BCUT2D eigenvalue weighted by Gasteiger charge is -2.31. The third-order valence-electron chi connectivity index (χ3n) is 6.42. The van der Waals surface area contributed by atoms with Crippen molar-refractivity contribution >= 4 is 24.4 Å². The highest BCUT2D eigenvalue weighted by atomic mass is 32.5. The van der Waals surface area contributed by atoms with Gasteiger partial charge in [-0.25, -0.2) is 9.88 Å². The maximum Gasteiger partial charge on any atom is 0.330 e. The van der Waals surface area contributed by atoms with E-state index < -0.39 is 52.9 Å². The van der Waals surface area contributed by atoms with Gasteiger partial charge in [-0.05, 0) is 51.6 Å². The van der Waals surface area contributed by atoms with Gasteiger partial charge in [0, 0.05) is 18.7 Å². The van der Waals surface area contributed by atoms with Crippen LogP contribution in [0.25, 0.3) is 0 Å². The fraction of sp³-hybridized carbons (Fsp3) is 0.522. The van der Waals surface area contributed by atoms with E-state index in [-0.39, 0.29) is 19.1 Å². The molecule has 6 atom stereocenters. The van der Waals surface area contributed by atoms with Crippen molar-refractivity contribution in [3.8, 4) is 5.75 Å². The maximum absolute atomic E-state index is 12.4. The van der Waals surface area contributed by atoms with Crippen molar-refractivity contribution < 1.29 is 33.5 Å². The number of fused-ring (bicyclic) bond motifs is 1. The Morgan fingerprint density at radius 3 is 2.57 bits per heavy atom. The van der Waals surface area contributed by atoms with Gasteiger partial charge in [-0.2, -0.15) is 0 Å². The number of esters is 1. The molecule has 2 unspecified atom stereocenters. The number of para-hydroxylation sites is 1. The molecule has 0 bridgehead atoms. The van der Waals surface area contributed by atoms with Crippen molar-refractivity contribution in [2.75, 3.05) is 6.61 Å². The molecule has 4 N–H and O–H groups in total. The van der Waals surface area contributed by atoms with Crippen LogP contribution in [0.3, 0.4) is 0 Å². The molecule has 0 spiro atoms. The molecule has 12 nitrogen and oxygen atoms in total. The van der Waals surface area contributed by atoms with Gasteiger partial charge in [-0.3, -0.25) is 19.1 Å². The van der Waals surface area contributed by atoms with E-state index in [4.69, 9.17) is 30.3 Å². The predicted molar refractivity (Wildman–Crippen MR) is 135 cm³/mol. The smallest absolute Gasteiger partial charge is 0.330 e. The number of nitrogens with one attached hydrogen (secondary N) is 2. The minimum atomic E-state index is -3.45. The van der Waals surface area contributed by atoms with Crippen LogP contribution in [-0.4, -0.2) is 61.3 Å². The van der Waals surface area contributed by atoms with Gasteiger partial charge in [0.1, 0.15) is 28.6 Å². The summed E-state index contributed by atoms with van der Waals surface area (Å²) in [6, 6.07) is 8.85. The molecule has 2 aliphatic rings. The number of benzene rings is 1. The lowest BCUT2D eigenvalue weighted by Crippen LogP contribution is -2.49. The number of hydrogen-bond acceptors (Lipinski definition) is 10. The Labute approximate surface area is 217 Å². The summed E-state index contributed by atoms with van der Waals surface area (Å²) in [6.07, 6.45) is -0.490. The molecule has 2 heterocycles. The SMILES string of the molecule is CC(C)OC(=O)C(C)NP(=S)(OC[C@]12C[C@]1(O)[C@@](C)(O)[C@H](n1ccc(=O)[nH]c1=O)O2)Oc1ccccc1. The number of aliphatic hydroxyl groups is 2. The molecule has 1 saturated heterocycles. The van der Waals surface area contributed by atoms with Crippen LogP contribution in [0.1, 0.15) is 40.3 Å². The molecule has 14 heteroatoms. The van der Waals surface area contributed by atoms with Crippen LogP contribution in [0, 0.1) is 0 Å². The first-order valence-corrected chi connectivity index (χ1v) is 14.3. The second-order valence-electron chi connectivity index (χ2n) is 9.68. The standard InChI is InChI=1S/C23H30N3O9PS/c1-14(2)33-18(28)15(3)25-36(37,35-16-8-6-5-7-9-16)32-13-22-12-23(22,31)21(4,30)19(34-22)26-11-10-17(27)24-20(26)29/h5-11,14-15,19,30-31H,12-13H2,1-4H3,(H,25,37)(H,24,27,29)/t15?,19-,21+,22-,23+,36?/m1/s1. The predicted octanol–water partition coefficient (Wildman–Crippen LogP) is 0.940. The lowest BCUT2D eigenvalue weighted by atomic mass is 9.94. The van der Waals surface area contributed by atoms with E-state index in [9.17, 15) is 24.6 Å². The number of ether oxygens (including phenoxy) is 2. The molecule has 1 aliphatic heterocycles. The first kappa shape index (κ1) is 27.6. The minimum Gasteiger partial charge on any atom is -0.462 e. The van der Waals surface area contributed by atoms with E-state index in [1.165, 1.54) is 13.1 Å². The molecule has 1 saturated carbocycles. The van der Waals surface area contributed by atoms with Gasteiger partial charge in [0.05, 0.1) is 12.7 Å². The van der Waals surface area contributed by atoms with Crippen LogP contribution in [0.4, 0.5) is 0 Å². The minimum absolute atomic E-state index is 0.00673. The van der Waals surface area contributed by atoms with E-state index in [1.54, 1.807) is 51.1 Å². The van der Waals surface area contributed by atoms with Gasteiger partial charge in [0.2, 0.25) is 0 Å². The van der Waals surface area contributed by atoms with Crippen LogP contribution in [0.2, 0.25) is 0 Å². The number of aromatic amines is 1. The van der Waals surface area contributed by atoms with E-state index in [0.717, 1.165) is 10.6 Å². The van der Waals surface area contributed by atoms with Gasteiger partial charge in [0.15, 0.2) is 6.23 Å². The summed E-state index contributed by atoms with van der Waals surface area (Å²) in [4.78, 5) is 38.3. The second-order valence-corrected chi connectivity index (χ2v) is 12.8. The molecule has 4 rings (SSSR count). The van der Waals surface area contributed by atoms with Gasteiger partial charge < -0.3 is 28.7 Å². The largest absolute Gasteiger partial charge is 0.462 e. The molecular formula is C23H30N3O9PS. The fourth-order valence-corrected chi connectivity index (χ4v) is 6.78. The zero-order valence-electron chi connectivity index (χ0n) is 20.7. The Morgan fingerprint density at radius 2 is 1.95 bits per heavy atom. The van der Waals surface area contributed by atoms with Gasteiger partial charge in [0.25, 0.3) is 5.56 Å². The van der Waals surface area contributed by atoms with Gasteiger partial charge in [-0.15, -0.1) is 0 Å². The molecule has 37 heavy (non-hydrogen) atoms. The Morgan fingerprint density at radius 1 is 1.27 bits per heavy atom. The Hall–Kier alpha value is -2.38. The number of hydrogen-bond donors (Lipinski definition) is 4. The van der Waals surface area contributed by atoms with E-state index in [2.05, 4.69) is 10.1 Å². The third kappa shape index (κ3) is 5.17. The summed E-state index contributed by atoms with van der Waals surface area (Å²) in [5.41, 5.74) is -6.55. The normalized spacial score (nSPS) is 30.8. The molecule has 2 aromatic rings. The first-order valence-electron chi connectivity index (χ1n) is 11.6.